The molecule has 0 spiro atoms. The highest BCUT2D eigenvalue weighted by molar-refractivity contribution is 5.68. The molecule has 0 aliphatic carbocycles. The molecule has 11 heteroatoms. The van der Waals surface area contributed by atoms with Crippen LogP contribution in [-0.2, 0) is 38.1 Å². The second kappa shape index (κ2) is 7.79. The second-order valence-electron chi connectivity index (χ2n) is 4.92. The second-order valence-corrected chi connectivity index (χ2v) is 4.92. The van der Waals surface area contributed by atoms with Crippen LogP contribution in [0.4, 0.5) is 13.2 Å². The lowest BCUT2D eigenvalue weighted by Gasteiger charge is -2.44. The van der Waals surface area contributed by atoms with Crippen LogP contribution in [0.25, 0.3) is 0 Å². The van der Waals surface area contributed by atoms with E-state index in [1.165, 1.54) is 0 Å². The molecule has 138 valence electrons. The van der Waals surface area contributed by atoms with Gasteiger partial charge < -0.3 is 23.7 Å². The van der Waals surface area contributed by atoms with Crippen molar-refractivity contribution in [2.45, 2.75) is 57.7 Å². The minimum atomic E-state index is -4.96. The third-order valence-electron chi connectivity index (χ3n) is 2.96. The first-order valence-corrected chi connectivity index (χ1v) is 6.74. The standard InChI is InChI=1S/C13H17F3O8/c1-5(17)21-8-9(22-6(2)18)11(13(14,15)16)24-12(20-4)10(8)23-7(3)19/h8-12H,1-4H3/t8-,9-,10-,11-,12?/m1/s1. The largest absolute Gasteiger partial charge is 0.455 e. The van der Waals surface area contributed by atoms with E-state index in [1.54, 1.807) is 0 Å². The molecule has 0 N–H and O–H groups in total. The first-order valence-electron chi connectivity index (χ1n) is 6.74. The van der Waals surface area contributed by atoms with Gasteiger partial charge in [-0.1, -0.05) is 0 Å². The fourth-order valence-corrected chi connectivity index (χ4v) is 2.23. The smallest absolute Gasteiger partial charge is 0.418 e. The molecule has 0 aromatic heterocycles. The number of esters is 3. The molecule has 8 nitrogen and oxygen atoms in total. The Morgan fingerprint density at radius 1 is 0.833 bits per heavy atom. The topological polar surface area (TPSA) is 97.4 Å². The number of carbonyl (C=O) groups excluding carboxylic acids is 3. The number of alkyl halides is 3. The molecule has 1 aliphatic rings. The van der Waals surface area contributed by atoms with E-state index >= 15 is 0 Å². The fourth-order valence-electron chi connectivity index (χ4n) is 2.23. The summed E-state index contributed by atoms with van der Waals surface area (Å²) in [4.78, 5) is 33.6. The van der Waals surface area contributed by atoms with Gasteiger partial charge in [0.05, 0.1) is 0 Å². The highest BCUT2D eigenvalue weighted by atomic mass is 19.4. The van der Waals surface area contributed by atoms with Gasteiger partial charge in [0.1, 0.15) is 0 Å². The zero-order chi connectivity index (χ0) is 18.7. The molecule has 0 aromatic rings. The normalized spacial score (nSPS) is 30.4. The van der Waals surface area contributed by atoms with E-state index in [4.69, 9.17) is 18.9 Å². The van der Waals surface area contributed by atoms with Crippen molar-refractivity contribution in [1.82, 2.24) is 0 Å². The Bertz CT molecular complexity index is 492. The molecule has 1 saturated heterocycles. The Kier molecular flexibility index (Phi) is 6.55. The quantitative estimate of drug-likeness (QED) is 0.536. The van der Waals surface area contributed by atoms with Crippen molar-refractivity contribution >= 4 is 17.9 Å². The third-order valence-corrected chi connectivity index (χ3v) is 2.96. The van der Waals surface area contributed by atoms with Gasteiger partial charge in [-0.15, -0.1) is 0 Å². The monoisotopic (exact) mass is 358 g/mol. The lowest BCUT2D eigenvalue weighted by molar-refractivity contribution is -0.351. The fraction of sp³-hybridized carbons (Fsp3) is 0.769. The van der Waals surface area contributed by atoms with Gasteiger partial charge >= 0.3 is 24.1 Å². The number of ether oxygens (including phenoxy) is 5. The van der Waals surface area contributed by atoms with Gasteiger partial charge in [0, 0.05) is 27.9 Å². The van der Waals surface area contributed by atoms with Gasteiger partial charge in [0.25, 0.3) is 0 Å². The molecular formula is C13H17F3O8. The molecule has 1 heterocycles. The summed E-state index contributed by atoms with van der Waals surface area (Å²) in [7, 11) is 1.02. The van der Waals surface area contributed by atoms with E-state index in [0.717, 1.165) is 27.9 Å². The molecule has 1 rings (SSSR count). The van der Waals surface area contributed by atoms with Gasteiger partial charge in [-0.25, -0.2) is 0 Å². The molecule has 1 aliphatic heterocycles. The van der Waals surface area contributed by atoms with Gasteiger partial charge in [-0.3, -0.25) is 14.4 Å². The molecule has 0 saturated carbocycles. The highest BCUT2D eigenvalue weighted by Gasteiger charge is 2.60. The van der Waals surface area contributed by atoms with E-state index < -0.39 is 54.8 Å². The van der Waals surface area contributed by atoms with Crippen LogP contribution in [0.3, 0.4) is 0 Å². The summed E-state index contributed by atoms with van der Waals surface area (Å²) in [5, 5.41) is 0. The minimum absolute atomic E-state index is 0.876. The van der Waals surface area contributed by atoms with Crippen molar-refractivity contribution in [3.05, 3.63) is 0 Å². The van der Waals surface area contributed by atoms with E-state index in [0.29, 0.717) is 0 Å². The average Bonchev–Trinajstić information content (AvgIpc) is 2.39. The Morgan fingerprint density at radius 2 is 1.25 bits per heavy atom. The van der Waals surface area contributed by atoms with Gasteiger partial charge in [-0.2, -0.15) is 13.2 Å². The SMILES string of the molecule is COC1O[C@@H](C(F)(F)F)[C@H](OC(C)=O)[C@@H](OC(C)=O)[C@H]1OC(C)=O. The summed E-state index contributed by atoms with van der Waals surface area (Å²) in [6.45, 7) is 2.81. The summed E-state index contributed by atoms with van der Waals surface area (Å²) in [5.41, 5.74) is 0. The van der Waals surface area contributed by atoms with Gasteiger partial charge in [-0.05, 0) is 0 Å². The van der Waals surface area contributed by atoms with Crippen LogP contribution < -0.4 is 0 Å². The van der Waals surface area contributed by atoms with Crippen molar-refractivity contribution in [2.24, 2.45) is 0 Å². The number of rotatable bonds is 4. The van der Waals surface area contributed by atoms with Crippen LogP contribution in [0.1, 0.15) is 20.8 Å². The van der Waals surface area contributed by atoms with Crippen molar-refractivity contribution in [3.8, 4) is 0 Å². The van der Waals surface area contributed by atoms with Crippen LogP contribution in [0.2, 0.25) is 0 Å². The molecular weight excluding hydrogens is 341 g/mol. The maximum absolute atomic E-state index is 13.2. The van der Waals surface area contributed by atoms with E-state index in [-0.39, 0.29) is 0 Å². The van der Waals surface area contributed by atoms with Crippen molar-refractivity contribution in [3.63, 3.8) is 0 Å². The molecule has 1 fully saturated rings. The third kappa shape index (κ3) is 5.06. The Morgan fingerprint density at radius 3 is 1.62 bits per heavy atom. The number of methoxy groups -OCH3 is 1. The van der Waals surface area contributed by atoms with Crippen LogP contribution in [-0.4, -0.2) is 61.9 Å². The first-order chi connectivity index (χ1) is 11.0. The van der Waals surface area contributed by atoms with Crippen LogP contribution in [0.15, 0.2) is 0 Å². The van der Waals surface area contributed by atoms with Crippen LogP contribution in [0.5, 0.6) is 0 Å². The zero-order valence-electron chi connectivity index (χ0n) is 13.3. The summed E-state index contributed by atoms with van der Waals surface area (Å²) in [6, 6.07) is 0. The number of halogens is 3. The lowest BCUT2D eigenvalue weighted by atomic mass is 9.97. The zero-order valence-corrected chi connectivity index (χ0v) is 13.3. The maximum Gasteiger partial charge on any atom is 0.418 e. The molecule has 24 heavy (non-hydrogen) atoms. The highest BCUT2D eigenvalue weighted by Crippen LogP contribution is 2.37. The molecule has 0 bridgehead atoms. The predicted octanol–water partition coefficient (Wildman–Crippen LogP) is 0.715. The average molecular weight is 358 g/mol. The van der Waals surface area contributed by atoms with E-state index in [2.05, 4.69) is 4.74 Å². The van der Waals surface area contributed by atoms with E-state index in [9.17, 15) is 27.6 Å². The van der Waals surface area contributed by atoms with Crippen molar-refractivity contribution in [2.75, 3.05) is 7.11 Å². The Balaban J connectivity index is 3.31. The van der Waals surface area contributed by atoms with Crippen molar-refractivity contribution in [1.29, 1.82) is 0 Å². The summed E-state index contributed by atoms with van der Waals surface area (Å²) < 4.78 is 63.5. The summed E-state index contributed by atoms with van der Waals surface area (Å²) in [5.74, 6) is -2.91. The summed E-state index contributed by atoms with van der Waals surface area (Å²) in [6.07, 6.45) is -14.7. The van der Waals surface area contributed by atoms with Gasteiger partial charge in [0.2, 0.25) is 0 Å². The number of carbonyl (C=O) groups is 3. The minimum Gasteiger partial charge on any atom is -0.455 e. The Hall–Kier alpha value is -1.88. The van der Waals surface area contributed by atoms with E-state index in [1.807, 2.05) is 0 Å². The molecule has 5 atom stereocenters. The first kappa shape index (κ1) is 20.2. The lowest BCUT2D eigenvalue weighted by Crippen LogP contribution is -2.65. The van der Waals surface area contributed by atoms with Crippen molar-refractivity contribution < 1.29 is 51.2 Å². The van der Waals surface area contributed by atoms with Crippen LogP contribution in [0, 0.1) is 0 Å². The molecule has 0 amide bonds. The Labute approximate surface area is 135 Å². The molecule has 1 unspecified atom stereocenters. The predicted molar refractivity (Wildman–Crippen MR) is 68.4 cm³/mol. The summed E-state index contributed by atoms with van der Waals surface area (Å²) >= 11 is 0. The molecule has 0 aromatic carbocycles. The van der Waals surface area contributed by atoms with Gasteiger partial charge in [0.15, 0.2) is 30.7 Å². The molecule has 0 radical (unpaired) electrons. The number of hydrogen-bond acceptors (Lipinski definition) is 8. The number of hydrogen-bond donors (Lipinski definition) is 0. The maximum atomic E-state index is 13.2. The van der Waals surface area contributed by atoms with Crippen LogP contribution >= 0.6 is 0 Å².